The van der Waals surface area contributed by atoms with E-state index in [4.69, 9.17) is 9.84 Å². The molecule has 2 rings (SSSR count). The summed E-state index contributed by atoms with van der Waals surface area (Å²) < 4.78 is 5.23. The molecule has 1 aliphatic heterocycles. The lowest BCUT2D eigenvalue weighted by molar-refractivity contribution is 0.0520. The Kier molecular flexibility index (Phi) is 6.05. The highest BCUT2D eigenvalue weighted by atomic mass is 32.2. The zero-order valence-corrected chi connectivity index (χ0v) is 12.9. The first-order valence-electron chi connectivity index (χ1n) is 7.08. The Morgan fingerprint density at radius 3 is 2.62 bits per heavy atom. The molecular formula is C15H21NO4S. The van der Waals surface area contributed by atoms with Crippen molar-refractivity contribution in [2.75, 3.05) is 32.1 Å². The van der Waals surface area contributed by atoms with Crippen molar-refractivity contribution < 1.29 is 19.7 Å². The average molecular weight is 311 g/mol. The molecule has 0 aromatic heterocycles. The van der Waals surface area contributed by atoms with Gasteiger partial charge in [0.1, 0.15) is 0 Å². The Morgan fingerprint density at radius 1 is 1.38 bits per heavy atom. The monoisotopic (exact) mass is 311 g/mol. The van der Waals surface area contributed by atoms with E-state index in [1.807, 2.05) is 19.1 Å². The van der Waals surface area contributed by atoms with Gasteiger partial charge in [0, 0.05) is 22.8 Å². The maximum absolute atomic E-state index is 12.5. The summed E-state index contributed by atoms with van der Waals surface area (Å²) in [6, 6.07) is 7.05. The summed E-state index contributed by atoms with van der Waals surface area (Å²) in [6.07, 6.45) is -0.617. The van der Waals surface area contributed by atoms with E-state index in [9.17, 15) is 9.90 Å². The first-order chi connectivity index (χ1) is 10.2. The minimum atomic E-state index is -0.617. The second-order valence-electron chi connectivity index (χ2n) is 4.86. The smallest absolute Gasteiger partial charge is 0.254 e. The van der Waals surface area contributed by atoms with E-state index < -0.39 is 6.10 Å². The molecule has 116 valence electrons. The van der Waals surface area contributed by atoms with Gasteiger partial charge in [0.05, 0.1) is 32.0 Å². The molecule has 0 unspecified atom stereocenters. The Hall–Kier alpha value is -1.08. The van der Waals surface area contributed by atoms with E-state index in [1.54, 1.807) is 28.8 Å². The van der Waals surface area contributed by atoms with E-state index in [1.165, 1.54) is 0 Å². The van der Waals surface area contributed by atoms with Gasteiger partial charge in [0.2, 0.25) is 0 Å². The van der Waals surface area contributed by atoms with E-state index in [2.05, 4.69) is 0 Å². The fourth-order valence-corrected chi connectivity index (χ4v) is 3.04. The van der Waals surface area contributed by atoms with Crippen molar-refractivity contribution in [1.82, 2.24) is 4.90 Å². The highest BCUT2D eigenvalue weighted by Gasteiger charge is 2.33. The van der Waals surface area contributed by atoms with Crippen LogP contribution in [-0.2, 0) is 4.74 Å². The third-order valence-electron chi connectivity index (χ3n) is 3.48. The van der Waals surface area contributed by atoms with Crippen LogP contribution in [0.25, 0.3) is 0 Å². The van der Waals surface area contributed by atoms with Crippen LogP contribution >= 0.6 is 11.8 Å². The molecule has 1 aliphatic rings. The van der Waals surface area contributed by atoms with E-state index in [0.717, 1.165) is 4.90 Å². The van der Waals surface area contributed by atoms with Gasteiger partial charge in [-0.15, -0.1) is 11.8 Å². The number of amides is 1. The van der Waals surface area contributed by atoms with Crippen molar-refractivity contribution in [2.45, 2.75) is 24.0 Å². The quantitative estimate of drug-likeness (QED) is 0.767. The molecule has 2 atom stereocenters. The van der Waals surface area contributed by atoms with Crippen molar-refractivity contribution in [3.05, 3.63) is 29.8 Å². The van der Waals surface area contributed by atoms with Crippen molar-refractivity contribution in [1.29, 1.82) is 0 Å². The Labute approximate surface area is 128 Å². The molecule has 2 N–H and O–H groups in total. The highest BCUT2D eigenvalue weighted by Crippen LogP contribution is 2.20. The van der Waals surface area contributed by atoms with Crippen LogP contribution in [0.3, 0.4) is 0 Å². The lowest BCUT2D eigenvalue weighted by Crippen LogP contribution is -2.46. The summed E-state index contributed by atoms with van der Waals surface area (Å²) in [4.78, 5) is 15.2. The maximum atomic E-state index is 12.5. The van der Waals surface area contributed by atoms with Gasteiger partial charge >= 0.3 is 0 Å². The molecule has 0 spiro atoms. The summed E-state index contributed by atoms with van der Waals surface area (Å²) >= 11 is 1.55. The van der Waals surface area contributed by atoms with Crippen molar-refractivity contribution in [2.24, 2.45) is 0 Å². The minimum absolute atomic E-state index is 0.0919. The molecule has 1 aromatic carbocycles. The molecule has 0 radical (unpaired) electrons. The normalized spacial score (nSPS) is 21.5. The first-order valence-corrected chi connectivity index (χ1v) is 8.06. The van der Waals surface area contributed by atoms with E-state index in [-0.39, 0.29) is 25.2 Å². The maximum Gasteiger partial charge on any atom is 0.254 e. The molecular weight excluding hydrogens is 290 g/mol. The van der Waals surface area contributed by atoms with Crippen LogP contribution < -0.4 is 0 Å². The summed E-state index contributed by atoms with van der Waals surface area (Å²) in [5.41, 5.74) is 0.601. The van der Waals surface area contributed by atoms with E-state index in [0.29, 0.717) is 24.5 Å². The fraction of sp³-hybridized carbons (Fsp3) is 0.533. The molecule has 1 saturated heterocycles. The van der Waals surface area contributed by atoms with E-state index >= 15 is 0 Å². The number of carbonyl (C=O) groups excluding carboxylic acids is 1. The van der Waals surface area contributed by atoms with Crippen LogP contribution in [0.1, 0.15) is 17.3 Å². The summed E-state index contributed by atoms with van der Waals surface area (Å²) in [5, 5.41) is 18.7. The average Bonchev–Trinajstić information content (AvgIpc) is 2.92. The van der Waals surface area contributed by atoms with Gasteiger partial charge in [0.15, 0.2) is 0 Å². The number of aliphatic hydroxyl groups is 2. The Balaban J connectivity index is 2.06. The molecule has 5 nitrogen and oxygen atoms in total. The van der Waals surface area contributed by atoms with Crippen LogP contribution in [0.4, 0.5) is 0 Å². The number of nitrogens with zero attached hydrogens (tertiary/aromatic N) is 1. The molecule has 21 heavy (non-hydrogen) atoms. The topological polar surface area (TPSA) is 70.0 Å². The Bertz CT molecular complexity index is 465. The fourth-order valence-electron chi connectivity index (χ4n) is 2.38. The summed E-state index contributed by atoms with van der Waals surface area (Å²) in [5.74, 6) is 0.547. The largest absolute Gasteiger partial charge is 0.396 e. The molecule has 1 aromatic rings. The number of rotatable bonds is 6. The number of hydrogen-bond acceptors (Lipinski definition) is 5. The molecule has 0 bridgehead atoms. The molecule has 1 fully saturated rings. The molecule has 0 saturated carbocycles. The van der Waals surface area contributed by atoms with Gasteiger partial charge < -0.3 is 19.8 Å². The van der Waals surface area contributed by atoms with Crippen LogP contribution in [0.5, 0.6) is 0 Å². The number of ether oxygens (including phenoxy) is 1. The van der Waals surface area contributed by atoms with Crippen LogP contribution in [0.15, 0.2) is 29.2 Å². The lowest BCUT2D eigenvalue weighted by Gasteiger charge is -2.28. The number of carbonyl (C=O) groups is 1. The first kappa shape index (κ1) is 16.3. The number of hydrogen-bond donors (Lipinski definition) is 2. The van der Waals surface area contributed by atoms with Gasteiger partial charge in [-0.05, 0) is 31.2 Å². The number of aliphatic hydroxyl groups excluding tert-OH is 2. The zero-order valence-electron chi connectivity index (χ0n) is 12.1. The minimum Gasteiger partial charge on any atom is -0.396 e. The van der Waals surface area contributed by atoms with Gasteiger partial charge in [0.25, 0.3) is 5.91 Å². The number of likely N-dealkylation sites (N-methyl/N-ethyl adjacent to an activating group) is 1. The third-order valence-corrected chi connectivity index (χ3v) is 4.48. The van der Waals surface area contributed by atoms with Gasteiger partial charge in [-0.25, -0.2) is 0 Å². The second-order valence-corrected chi connectivity index (χ2v) is 6.03. The lowest BCUT2D eigenvalue weighted by atomic mass is 10.1. The highest BCUT2D eigenvalue weighted by molar-refractivity contribution is 7.99. The predicted molar refractivity (Wildman–Crippen MR) is 81.6 cm³/mol. The van der Waals surface area contributed by atoms with Crippen molar-refractivity contribution in [3.8, 4) is 0 Å². The van der Waals surface area contributed by atoms with Crippen molar-refractivity contribution >= 4 is 17.7 Å². The predicted octanol–water partition coefficient (Wildman–Crippen LogP) is 0.993. The number of benzene rings is 1. The summed E-state index contributed by atoms with van der Waals surface area (Å²) in [6.45, 7) is 3.23. The third kappa shape index (κ3) is 3.97. The molecule has 1 amide bonds. The molecule has 1 heterocycles. The number of thioether (sulfide) groups is 1. The zero-order chi connectivity index (χ0) is 15.2. The van der Waals surface area contributed by atoms with Crippen molar-refractivity contribution in [3.63, 3.8) is 0 Å². The van der Waals surface area contributed by atoms with Crippen LogP contribution in [0.2, 0.25) is 0 Å². The van der Waals surface area contributed by atoms with Gasteiger partial charge in [-0.3, -0.25) is 4.79 Å². The molecule has 6 heteroatoms. The standard InChI is InChI=1S/C15H21NO4S/c1-2-16(13-9-20-10-14(13)18)15(19)11-3-5-12(6-4-11)21-8-7-17/h3-6,13-14,17-18H,2,7-10H2,1H3/t13-,14-/m0/s1. The Morgan fingerprint density at radius 2 is 2.10 bits per heavy atom. The van der Waals surface area contributed by atoms with Crippen LogP contribution in [-0.4, -0.2) is 65.3 Å². The van der Waals surface area contributed by atoms with Crippen LogP contribution in [0, 0.1) is 0 Å². The van der Waals surface area contributed by atoms with Gasteiger partial charge in [-0.2, -0.15) is 0 Å². The summed E-state index contributed by atoms with van der Waals surface area (Å²) in [7, 11) is 0. The SMILES string of the molecule is CCN(C(=O)c1ccc(SCCO)cc1)[C@H]1COC[C@@H]1O. The van der Waals surface area contributed by atoms with Gasteiger partial charge in [-0.1, -0.05) is 0 Å². The second kappa shape index (κ2) is 7.79. The molecule has 0 aliphatic carbocycles.